The zero-order valence-electron chi connectivity index (χ0n) is 14.7. The van der Waals surface area contributed by atoms with Crippen LogP contribution in [0.3, 0.4) is 0 Å². The molecule has 1 heterocycles. The van der Waals surface area contributed by atoms with Crippen molar-refractivity contribution >= 4 is 29.1 Å². The maximum Gasteiger partial charge on any atom is 0.253 e. The van der Waals surface area contributed by atoms with Crippen LogP contribution in [-0.4, -0.2) is 38.3 Å². The molecule has 0 unspecified atom stereocenters. The number of carbonyl (C=O) groups is 1. The van der Waals surface area contributed by atoms with E-state index < -0.39 is 0 Å². The summed E-state index contributed by atoms with van der Waals surface area (Å²) >= 11 is 12.1. The van der Waals surface area contributed by atoms with Gasteiger partial charge in [0, 0.05) is 10.6 Å². The van der Waals surface area contributed by atoms with Crippen molar-refractivity contribution < 1.29 is 14.4 Å². The summed E-state index contributed by atoms with van der Waals surface area (Å²) in [7, 11) is 0. The first-order valence-corrected chi connectivity index (χ1v) is 9.55. The summed E-state index contributed by atoms with van der Waals surface area (Å²) in [6, 6.07) is 15.3. The first-order chi connectivity index (χ1) is 12.6. The van der Waals surface area contributed by atoms with Crippen LogP contribution in [0.25, 0.3) is 0 Å². The quantitative estimate of drug-likeness (QED) is 0.819. The lowest BCUT2D eigenvalue weighted by atomic mass is 9.97. The Hall–Kier alpha value is -1.59. The number of rotatable bonds is 5. The molecule has 6 heteroatoms. The van der Waals surface area contributed by atoms with Crippen molar-refractivity contribution in [1.29, 1.82) is 0 Å². The molecule has 0 spiro atoms. The molecule has 138 valence electrons. The Morgan fingerprint density at radius 3 is 2.46 bits per heavy atom. The van der Waals surface area contributed by atoms with Gasteiger partial charge in [0.25, 0.3) is 5.91 Å². The van der Waals surface area contributed by atoms with E-state index in [0.717, 1.165) is 26.3 Å². The van der Waals surface area contributed by atoms with Crippen LogP contribution in [0.15, 0.2) is 48.5 Å². The topological polar surface area (TPSA) is 42.8 Å². The molecule has 0 aliphatic carbocycles. The monoisotopic (exact) mass is 393 g/mol. The Morgan fingerprint density at radius 2 is 1.81 bits per heavy atom. The largest absolute Gasteiger partial charge is 0.370 e. The second kappa shape index (κ2) is 8.87. The zero-order chi connectivity index (χ0) is 18.5. The normalized spacial score (nSPS) is 17.5. The molecular formula is C20H23Cl2N2O2+. The summed E-state index contributed by atoms with van der Waals surface area (Å²) < 4.78 is 5.50. The molecule has 2 atom stereocenters. The van der Waals surface area contributed by atoms with E-state index in [1.54, 1.807) is 18.2 Å². The molecule has 2 aromatic rings. The number of benzene rings is 2. The highest BCUT2D eigenvalue weighted by Gasteiger charge is 2.32. The van der Waals surface area contributed by atoms with Gasteiger partial charge in [-0.1, -0.05) is 53.5 Å². The molecule has 0 bridgehead atoms. The third kappa shape index (κ3) is 4.57. The van der Waals surface area contributed by atoms with Crippen LogP contribution in [0.1, 0.15) is 28.9 Å². The number of morpholine rings is 1. The molecular weight excluding hydrogens is 371 g/mol. The number of amides is 1. The van der Waals surface area contributed by atoms with Crippen molar-refractivity contribution in [2.75, 3.05) is 26.3 Å². The van der Waals surface area contributed by atoms with E-state index in [2.05, 4.69) is 17.4 Å². The lowest BCUT2D eigenvalue weighted by molar-refractivity contribution is -0.940. The number of hydrogen-bond acceptors (Lipinski definition) is 2. The van der Waals surface area contributed by atoms with Crippen molar-refractivity contribution in [3.63, 3.8) is 0 Å². The fraction of sp³-hybridized carbons (Fsp3) is 0.350. The van der Waals surface area contributed by atoms with Crippen LogP contribution in [-0.2, 0) is 4.74 Å². The predicted molar refractivity (Wildman–Crippen MR) is 104 cm³/mol. The van der Waals surface area contributed by atoms with Gasteiger partial charge in [-0.25, -0.2) is 0 Å². The number of quaternary nitrogens is 1. The molecule has 2 aromatic carbocycles. The second-order valence-corrected chi connectivity index (χ2v) is 7.39. The minimum atomic E-state index is -0.187. The Balaban J connectivity index is 1.80. The van der Waals surface area contributed by atoms with Gasteiger partial charge in [0.05, 0.1) is 29.8 Å². The molecule has 26 heavy (non-hydrogen) atoms. The molecule has 1 saturated heterocycles. The molecule has 1 fully saturated rings. The summed E-state index contributed by atoms with van der Waals surface area (Å²) in [5.74, 6) is -0.187. The third-order valence-electron chi connectivity index (χ3n) is 4.77. The Bertz CT molecular complexity index is 749. The predicted octanol–water partition coefficient (Wildman–Crippen LogP) is 2.77. The van der Waals surface area contributed by atoms with Gasteiger partial charge >= 0.3 is 0 Å². The maximum atomic E-state index is 12.7. The summed E-state index contributed by atoms with van der Waals surface area (Å²) in [6.45, 7) is 5.36. The van der Waals surface area contributed by atoms with Crippen LogP contribution in [0, 0.1) is 0 Å². The van der Waals surface area contributed by atoms with Crippen LogP contribution in [0.2, 0.25) is 10.0 Å². The minimum absolute atomic E-state index is 0.0651. The molecule has 1 aliphatic heterocycles. The summed E-state index contributed by atoms with van der Waals surface area (Å²) in [5.41, 5.74) is 1.64. The molecule has 4 nitrogen and oxygen atoms in total. The van der Waals surface area contributed by atoms with Gasteiger partial charge in [0.2, 0.25) is 0 Å². The second-order valence-electron chi connectivity index (χ2n) is 6.55. The molecule has 3 rings (SSSR count). The Kier molecular flexibility index (Phi) is 6.54. The molecule has 1 amide bonds. The Morgan fingerprint density at radius 1 is 1.12 bits per heavy atom. The van der Waals surface area contributed by atoms with E-state index in [1.807, 2.05) is 25.1 Å². The van der Waals surface area contributed by atoms with E-state index in [4.69, 9.17) is 27.9 Å². The zero-order valence-corrected chi connectivity index (χ0v) is 16.2. The molecule has 2 N–H and O–H groups in total. The number of hydrogen-bond donors (Lipinski definition) is 2. The fourth-order valence-electron chi connectivity index (χ4n) is 3.52. The number of halogens is 2. The summed E-state index contributed by atoms with van der Waals surface area (Å²) in [5, 5.41) is 4.00. The van der Waals surface area contributed by atoms with Gasteiger partial charge in [0.15, 0.2) is 0 Å². The van der Waals surface area contributed by atoms with Crippen molar-refractivity contribution in [2.45, 2.75) is 19.0 Å². The van der Waals surface area contributed by atoms with Crippen molar-refractivity contribution in [2.24, 2.45) is 0 Å². The lowest BCUT2D eigenvalue weighted by Gasteiger charge is -2.35. The summed E-state index contributed by atoms with van der Waals surface area (Å²) in [6.07, 6.45) is 0. The van der Waals surface area contributed by atoms with E-state index in [0.29, 0.717) is 15.6 Å². The third-order valence-corrected chi connectivity index (χ3v) is 5.32. The number of nitrogens with one attached hydrogen (secondary N) is 2. The molecule has 0 aromatic heterocycles. The molecule has 1 aliphatic rings. The van der Waals surface area contributed by atoms with Crippen LogP contribution in [0.4, 0.5) is 0 Å². The molecule has 0 radical (unpaired) electrons. The van der Waals surface area contributed by atoms with E-state index in [9.17, 15) is 4.79 Å². The Labute approximate surface area is 164 Å². The van der Waals surface area contributed by atoms with Crippen LogP contribution < -0.4 is 10.2 Å². The van der Waals surface area contributed by atoms with Gasteiger partial charge in [-0.2, -0.15) is 0 Å². The highest BCUT2D eigenvalue weighted by Crippen LogP contribution is 2.22. The van der Waals surface area contributed by atoms with Gasteiger partial charge in [-0.05, 0) is 25.1 Å². The highest BCUT2D eigenvalue weighted by atomic mass is 35.5. The summed E-state index contributed by atoms with van der Waals surface area (Å²) in [4.78, 5) is 14.1. The van der Waals surface area contributed by atoms with Gasteiger partial charge < -0.3 is 15.0 Å². The smallest absolute Gasteiger partial charge is 0.253 e. The van der Waals surface area contributed by atoms with Crippen LogP contribution in [0.5, 0.6) is 0 Å². The standard InChI is InChI=1S/C20H22Cl2N2O2/c1-14(23-20(25)17-8-7-16(21)13-18(17)22)19(15-5-3-2-4-6-15)24-9-11-26-12-10-24/h2-8,13-14,19H,9-12H2,1H3,(H,23,25)/p+1/t14-,19-/m1/s1. The van der Waals surface area contributed by atoms with Gasteiger partial charge in [-0.3, -0.25) is 4.79 Å². The van der Waals surface area contributed by atoms with E-state index in [-0.39, 0.29) is 18.0 Å². The molecule has 0 saturated carbocycles. The van der Waals surface area contributed by atoms with Crippen molar-refractivity contribution in [3.05, 3.63) is 69.7 Å². The van der Waals surface area contributed by atoms with Gasteiger partial charge in [0.1, 0.15) is 19.1 Å². The average Bonchev–Trinajstić information content (AvgIpc) is 2.63. The fourth-order valence-corrected chi connectivity index (χ4v) is 4.02. The van der Waals surface area contributed by atoms with E-state index >= 15 is 0 Å². The minimum Gasteiger partial charge on any atom is -0.370 e. The first-order valence-electron chi connectivity index (χ1n) is 8.79. The first kappa shape index (κ1) is 19.2. The van der Waals surface area contributed by atoms with E-state index in [1.165, 1.54) is 10.5 Å². The van der Waals surface area contributed by atoms with Crippen molar-refractivity contribution in [1.82, 2.24) is 5.32 Å². The SMILES string of the molecule is C[C@@H](NC(=O)c1ccc(Cl)cc1Cl)[C@H](c1ccccc1)[NH+]1CCOCC1. The number of carbonyl (C=O) groups excluding carboxylic acids is 1. The average molecular weight is 394 g/mol. The van der Waals surface area contributed by atoms with Crippen LogP contribution >= 0.6 is 23.2 Å². The number of ether oxygens (including phenoxy) is 1. The lowest BCUT2D eigenvalue weighted by Crippen LogP contribution is -3.15. The highest BCUT2D eigenvalue weighted by molar-refractivity contribution is 6.36. The maximum absolute atomic E-state index is 12.7. The van der Waals surface area contributed by atoms with Crippen molar-refractivity contribution in [3.8, 4) is 0 Å². The van der Waals surface area contributed by atoms with Gasteiger partial charge in [-0.15, -0.1) is 0 Å².